The number of anilines is 1. The van der Waals surface area contributed by atoms with Gasteiger partial charge in [-0.1, -0.05) is 13.0 Å². The third-order valence-corrected chi connectivity index (χ3v) is 4.12. The number of carbonyl (C=O) groups is 1. The van der Waals surface area contributed by atoms with E-state index in [0.29, 0.717) is 24.4 Å². The van der Waals surface area contributed by atoms with Crippen LogP contribution in [-0.4, -0.2) is 46.5 Å². The molecule has 1 aliphatic carbocycles. The van der Waals surface area contributed by atoms with E-state index in [1.54, 1.807) is 20.9 Å². The molecule has 1 aliphatic rings. The lowest BCUT2D eigenvalue weighted by Crippen LogP contribution is -2.39. The largest absolute Gasteiger partial charge is 0.416 e. The van der Waals surface area contributed by atoms with Crippen LogP contribution < -0.4 is 16.2 Å². The van der Waals surface area contributed by atoms with Crippen molar-refractivity contribution in [2.24, 2.45) is 16.8 Å². The highest BCUT2D eigenvalue weighted by Crippen LogP contribution is 2.33. The molecule has 162 valence electrons. The molecule has 2 rings (SSSR count). The van der Waals surface area contributed by atoms with Gasteiger partial charge in [0.15, 0.2) is 5.82 Å². The summed E-state index contributed by atoms with van der Waals surface area (Å²) >= 11 is 0. The van der Waals surface area contributed by atoms with Gasteiger partial charge in [-0.05, 0) is 30.9 Å². The maximum Gasteiger partial charge on any atom is 0.416 e. The zero-order chi connectivity index (χ0) is 22.3. The molecule has 1 amide bonds. The van der Waals surface area contributed by atoms with E-state index >= 15 is 0 Å². The highest BCUT2D eigenvalue weighted by molar-refractivity contribution is 5.97. The molecule has 30 heavy (non-hydrogen) atoms. The Kier molecular flexibility index (Phi) is 7.56. The van der Waals surface area contributed by atoms with E-state index in [1.807, 2.05) is 0 Å². The van der Waals surface area contributed by atoms with Gasteiger partial charge in [0.05, 0.1) is 11.8 Å². The number of carbonyl (C=O) groups excluding carboxylic acids is 1. The Hall–Kier alpha value is -3.37. The molecule has 0 aromatic carbocycles. The molecule has 0 bridgehead atoms. The van der Waals surface area contributed by atoms with Gasteiger partial charge in [-0.3, -0.25) is 25.2 Å². The summed E-state index contributed by atoms with van der Waals surface area (Å²) in [5, 5.41) is 6.91. The van der Waals surface area contributed by atoms with E-state index in [1.165, 1.54) is 47.0 Å². The van der Waals surface area contributed by atoms with Gasteiger partial charge in [0, 0.05) is 38.3 Å². The molecular weight excluding hydrogens is 399 g/mol. The second-order valence-electron chi connectivity index (χ2n) is 6.63. The summed E-state index contributed by atoms with van der Waals surface area (Å²) in [6, 6.07) is 0. The van der Waals surface area contributed by atoms with Crippen LogP contribution in [0.15, 0.2) is 59.3 Å². The number of nitrogens with one attached hydrogen (secondary N) is 1. The number of alkyl halides is 3. The van der Waals surface area contributed by atoms with Crippen molar-refractivity contribution < 1.29 is 18.0 Å². The highest BCUT2D eigenvalue weighted by atomic mass is 19.4. The van der Waals surface area contributed by atoms with Gasteiger partial charge >= 0.3 is 6.18 Å². The van der Waals surface area contributed by atoms with Crippen LogP contribution in [0.1, 0.15) is 20.3 Å². The van der Waals surface area contributed by atoms with E-state index in [9.17, 15) is 18.0 Å². The van der Waals surface area contributed by atoms with Gasteiger partial charge in [-0.15, -0.1) is 0 Å². The molecule has 3 N–H and O–H groups in total. The number of halogens is 3. The summed E-state index contributed by atoms with van der Waals surface area (Å²) in [5.41, 5.74) is 8.08. The van der Waals surface area contributed by atoms with E-state index in [4.69, 9.17) is 5.73 Å². The normalized spacial score (nSPS) is 17.4. The van der Waals surface area contributed by atoms with Crippen molar-refractivity contribution in [1.82, 2.24) is 20.4 Å². The van der Waals surface area contributed by atoms with Gasteiger partial charge in [-0.25, -0.2) is 4.98 Å². The number of hydrazone groups is 1. The Bertz CT molecular complexity index is 863. The predicted molar refractivity (Wildman–Crippen MR) is 108 cm³/mol. The van der Waals surface area contributed by atoms with Crippen LogP contribution in [0, 0.1) is 5.92 Å². The van der Waals surface area contributed by atoms with Gasteiger partial charge in [0.2, 0.25) is 0 Å². The maximum absolute atomic E-state index is 13.0. The van der Waals surface area contributed by atoms with Gasteiger partial charge in [0.1, 0.15) is 5.84 Å². The minimum Gasteiger partial charge on any atom is -0.382 e. The molecule has 1 aromatic rings. The first-order valence-electron chi connectivity index (χ1n) is 9.19. The molecule has 0 radical (unpaired) electrons. The smallest absolute Gasteiger partial charge is 0.382 e. The molecule has 0 fully saturated rings. The molecule has 1 unspecified atom stereocenters. The number of hydrogen-bond acceptors (Lipinski definition) is 6. The summed E-state index contributed by atoms with van der Waals surface area (Å²) in [6.07, 6.45) is 5.19. The average molecular weight is 423 g/mol. The maximum atomic E-state index is 13.0. The van der Waals surface area contributed by atoms with Crippen molar-refractivity contribution in [2.75, 3.05) is 18.6 Å². The lowest BCUT2D eigenvalue weighted by molar-refractivity contribution is -0.116. The first-order valence-corrected chi connectivity index (χ1v) is 9.19. The first-order chi connectivity index (χ1) is 14.1. The molecule has 0 aliphatic heterocycles. The molecule has 11 heteroatoms. The summed E-state index contributed by atoms with van der Waals surface area (Å²) < 4.78 is 39.1. The number of hydrazine groups is 1. The Labute approximate surface area is 172 Å². The van der Waals surface area contributed by atoms with Crippen molar-refractivity contribution in [2.45, 2.75) is 26.4 Å². The van der Waals surface area contributed by atoms with Crippen LogP contribution in [0.25, 0.3) is 0 Å². The molecule has 0 saturated heterocycles. The predicted octanol–water partition coefficient (Wildman–Crippen LogP) is 2.51. The van der Waals surface area contributed by atoms with Crippen LogP contribution in [-0.2, 0) is 4.79 Å². The fourth-order valence-corrected chi connectivity index (χ4v) is 2.65. The second-order valence-corrected chi connectivity index (χ2v) is 6.63. The highest BCUT2D eigenvalue weighted by Gasteiger charge is 2.34. The lowest BCUT2D eigenvalue weighted by atomic mass is 9.91. The minimum atomic E-state index is -4.45. The van der Waals surface area contributed by atoms with Crippen LogP contribution in [0.4, 0.5) is 19.0 Å². The van der Waals surface area contributed by atoms with Crippen molar-refractivity contribution in [1.29, 1.82) is 0 Å². The summed E-state index contributed by atoms with van der Waals surface area (Å²) in [7, 11) is 1.60. The fourth-order valence-electron chi connectivity index (χ4n) is 2.65. The van der Waals surface area contributed by atoms with Crippen molar-refractivity contribution in [3.63, 3.8) is 0 Å². The van der Waals surface area contributed by atoms with Gasteiger partial charge < -0.3 is 5.73 Å². The van der Waals surface area contributed by atoms with Crippen molar-refractivity contribution in [3.05, 3.63) is 54.2 Å². The Morgan fingerprint density at radius 1 is 1.43 bits per heavy atom. The molecule has 1 atom stereocenters. The molecular formula is C19H24F3N7O. The molecule has 1 heterocycles. The van der Waals surface area contributed by atoms with Gasteiger partial charge in [-0.2, -0.15) is 18.3 Å². The van der Waals surface area contributed by atoms with Crippen LogP contribution >= 0.6 is 0 Å². The monoisotopic (exact) mass is 423 g/mol. The summed E-state index contributed by atoms with van der Waals surface area (Å²) in [6.45, 7) is 3.81. The number of amidine groups is 1. The number of nitrogens with zero attached hydrogens (tertiary/aromatic N) is 5. The van der Waals surface area contributed by atoms with Gasteiger partial charge in [0.25, 0.3) is 5.91 Å². The zero-order valence-electron chi connectivity index (χ0n) is 16.9. The number of nitrogens with two attached hydrogens (primary N) is 1. The zero-order valence-corrected chi connectivity index (χ0v) is 16.9. The third kappa shape index (κ3) is 6.61. The molecule has 0 saturated carbocycles. The van der Waals surface area contributed by atoms with Crippen LogP contribution in [0.5, 0.6) is 0 Å². The van der Waals surface area contributed by atoms with Crippen LogP contribution in [0.2, 0.25) is 0 Å². The molecule has 8 nitrogen and oxygen atoms in total. The first kappa shape index (κ1) is 22.9. The number of aromatic nitrogens is 2. The van der Waals surface area contributed by atoms with Crippen molar-refractivity contribution >= 4 is 17.6 Å². The fraction of sp³-hybridized carbons (Fsp3) is 0.368. The van der Waals surface area contributed by atoms with Crippen molar-refractivity contribution in [3.8, 4) is 0 Å². The Balaban J connectivity index is 2.06. The third-order valence-electron chi connectivity index (χ3n) is 4.12. The summed E-state index contributed by atoms with van der Waals surface area (Å²) in [4.78, 5) is 20.1. The number of allylic oxidation sites excluding steroid dienone is 3. The number of amides is 1. The average Bonchev–Trinajstić information content (AvgIpc) is 2.70. The molecule has 1 aromatic heterocycles. The van der Waals surface area contributed by atoms with E-state index < -0.39 is 17.7 Å². The standard InChI is InChI=1S/C19H24F3N7O/c1-4-29(8-5-17(30)26-28(3)16-12-24-6-7-25-16)27-18(23)14-9-13(2)10-15(11-14)19(20,21)22/h5-8,10-13H,4,9H2,1-3H3,(H2,23,27)(H,26,30)/b8-5-. The minimum absolute atomic E-state index is 0.0275. The van der Waals surface area contributed by atoms with Crippen LogP contribution in [0.3, 0.4) is 0 Å². The van der Waals surface area contributed by atoms with E-state index in [0.717, 1.165) is 6.08 Å². The second kappa shape index (κ2) is 9.90. The van der Waals surface area contributed by atoms with E-state index in [-0.39, 0.29) is 11.8 Å². The lowest BCUT2D eigenvalue weighted by Gasteiger charge is -2.21. The topological polar surface area (TPSA) is 99.7 Å². The SMILES string of the molecule is CCN(/C=C\C(=O)NN(C)c1cnccn1)/N=C(\N)C1=CC(C(F)(F)F)=CC(C)C1. The quantitative estimate of drug-likeness (QED) is 0.303. The number of rotatable bonds is 7. The molecule has 0 spiro atoms. The van der Waals surface area contributed by atoms with E-state index in [2.05, 4.69) is 20.5 Å². The Morgan fingerprint density at radius 2 is 2.17 bits per heavy atom. The Morgan fingerprint density at radius 3 is 2.77 bits per heavy atom. The number of hydrogen-bond donors (Lipinski definition) is 2. The summed E-state index contributed by atoms with van der Waals surface area (Å²) in [5.74, 6) is -0.354.